The lowest BCUT2D eigenvalue weighted by Gasteiger charge is -2.42. The van der Waals surface area contributed by atoms with E-state index in [0.717, 1.165) is 49.2 Å². The van der Waals surface area contributed by atoms with Gasteiger partial charge in [-0.15, -0.1) is 0 Å². The topological polar surface area (TPSA) is 35.0 Å². The second-order valence-electron chi connectivity index (χ2n) is 6.85. The second-order valence-corrected chi connectivity index (χ2v) is 7.21. The molecule has 2 rings (SSSR count). The van der Waals surface area contributed by atoms with Crippen molar-refractivity contribution in [1.29, 1.82) is 0 Å². The highest BCUT2D eigenvalue weighted by Gasteiger charge is 2.43. The number of aryl methyl sites for hydroxylation is 1. The number of aromatic nitrogens is 2. The molecule has 1 aromatic heterocycles. The van der Waals surface area contributed by atoms with Gasteiger partial charge in [-0.2, -0.15) is 0 Å². The van der Waals surface area contributed by atoms with Crippen molar-refractivity contribution in [2.24, 2.45) is 5.41 Å². The van der Waals surface area contributed by atoms with Gasteiger partial charge in [-0.3, -0.25) is 0 Å². The van der Waals surface area contributed by atoms with Crippen LogP contribution >= 0.6 is 11.6 Å². The molecule has 1 aliphatic carbocycles. The second kappa shape index (κ2) is 6.21. The molecular weight excluding hydrogens is 284 g/mol. The van der Waals surface area contributed by atoms with Crippen LogP contribution in [0.3, 0.4) is 0 Å². The van der Waals surface area contributed by atoms with Crippen LogP contribution < -0.4 is 0 Å². The predicted molar refractivity (Wildman–Crippen MR) is 86.7 cm³/mol. The Balaban J connectivity index is 2.41. The smallest absolute Gasteiger partial charge is 0.162 e. The van der Waals surface area contributed by atoms with E-state index in [0.29, 0.717) is 17.2 Å². The normalized spacial score (nSPS) is 20.5. The molecule has 0 unspecified atom stereocenters. The molecule has 0 saturated heterocycles. The summed E-state index contributed by atoms with van der Waals surface area (Å²) in [6, 6.07) is 0. The summed E-state index contributed by atoms with van der Waals surface area (Å²) < 4.78 is 6.16. The lowest BCUT2D eigenvalue weighted by Crippen LogP contribution is -2.39. The van der Waals surface area contributed by atoms with Crippen molar-refractivity contribution in [2.75, 3.05) is 6.61 Å². The summed E-state index contributed by atoms with van der Waals surface area (Å²) in [4.78, 5) is 9.37. The number of rotatable bonds is 4. The Bertz CT molecular complexity index is 504. The van der Waals surface area contributed by atoms with Crippen LogP contribution in [0.5, 0.6) is 0 Å². The van der Waals surface area contributed by atoms with Crippen LogP contribution in [0.2, 0.25) is 5.15 Å². The Labute approximate surface area is 133 Å². The highest BCUT2D eigenvalue weighted by atomic mass is 35.5. The molecule has 3 nitrogen and oxygen atoms in total. The lowest BCUT2D eigenvalue weighted by molar-refractivity contribution is -0.0949. The van der Waals surface area contributed by atoms with E-state index in [1.165, 1.54) is 0 Å². The first kappa shape index (κ1) is 16.7. The summed E-state index contributed by atoms with van der Waals surface area (Å²) in [5, 5.41) is 0.570. The summed E-state index contributed by atoms with van der Waals surface area (Å²) in [6.45, 7) is 11.5. The average Bonchev–Trinajstić information content (AvgIpc) is 2.44. The van der Waals surface area contributed by atoms with Gasteiger partial charge in [-0.05, 0) is 51.4 Å². The van der Waals surface area contributed by atoms with Crippen molar-refractivity contribution in [1.82, 2.24) is 9.97 Å². The Morgan fingerprint density at radius 2 is 1.71 bits per heavy atom. The maximum atomic E-state index is 6.33. The maximum absolute atomic E-state index is 6.33. The van der Waals surface area contributed by atoms with Gasteiger partial charge in [-0.1, -0.05) is 32.4 Å². The molecule has 0 aliphatic heterocycles. The third-order valence-electron chi connectivity index (χ3n) is 4.76. The number of halogens is 1. The molecule has 0 bridgehead atoms. The molecule has 4 heteroatoms. The number of hydrogen-bond acceptors (Lipinski definition) is 3. The van der Waals surface area contributed by atoms with Crippen LogP contribution in [0.1, 0.15) is 70.5 Å². The zero-order chi connectivity index (χ0) is 15.7. The molecule has 118 valence electrons. The van der Waals surface area contributed by atoms with Crippen LogP contribution in [0, 0.1) is 12.3 Å². The summed E-state index contributed by atoms with van der Waals surface area (Å²) >= 11 is 6.33. The van der Waals surface area contributed by atoms with Crippen LogP contribution in [0.4, 0.5) is 0 Å². The molecule has 0 atom stereocenters. The highest BCUT2D eigenvalue weighted by molar-refractivity contribution is 6.30. The summed E-state index contributed by atoms with van der Waals surface area (Å²) in [6.07, 6.45) is 5.06. The minimum absolute atomic E-state index is 0.356. The average molecular weight is 311 g/mol. The third-order valence-corrected chi connectivity index (χ3v) is 5.13. The summed E-state index contributed by atoms with van der Waals surface area (Å²) in [7, 11) is 0. The third kappa shape index (κ3) is 3.40. The molecule has 0 N–H and O–H groups in total. The van der Waals surface area contributed by atoms with Gasteiger partial charge in [0.25, 0.3) is 0 Å². The first-order chi connectivity index (χ1) is 9.83. The van der Waals surface area contributed by atoms with Gasteiger partial charge < -0.3 is 4.74 Å². The predicted octanol–water partition coefficient (Wildman–Crippen LogP) is 4.83. The molecule has 0 spiro atoms. The molecule has 1 aromatic rings. The number of nitrogens with zero attached hydrogens (tertiary/aromatic N) is 2. The molecule has 0 radical (unpaired) electrons. The maximum Gasteiger partial charge on any atom is 0.162 e. The van der Waals surface area contributed by atoms with Crippen molar-refractivity contribution in [2.45, 2.75) is 72.3 Å². The molecular formula is C17H27ClN2O. The minimum atomic E-state index is -0.356. The van der Waals surface area contributed by atoms with Gasteiger partial charge in [0.05, 0.1) is 0 Å². The first-order valence-corrected chi connectivity index (χ1v) is 8.39. The quantitative estimate of drug-likeness (QED) is 0.747. The van der Waals surface area contributed by atoms with E-state index in [4.69, 9.17) is 21.3 Å². The molecule has 21 heavy (non-hydrogen) atoms. The molecule has 1 aliphatic rings. The zero-order valence-corrected chi connectivity index (χ0v) is 14.7. The van der Waals surface area contributed by atoms with E-state index in [9.17, 15) is 0 Å². The van der Waals surface area contributed by atoms with E-state index < -0.39 is 0 Å². The minimum Gasteiger partial charge on any atom is -0.367 e. The summed E-state index contributed by atoms with van der Waals surface area (Å²) in [5.41, 5.74) is 2.05. The van der Waals surface area contributed by atoms with E-state index in [1.807, 2.05) is 13.8 Å². The SMILES string of the molecule is CCOC1(c2nc(Cl)c(C)c(CC)n2)CCC(C)(C)CC1. The molecule has 1 fully saturated rings. The largest absolute Gasteiger partial charge is 0.367 e. The van der Waals surface area contributed by atoms with E-state index in [2.05, 4.69) is 25.8 Å². The number of ether oxygens (including phenoxy) is 1. The van der Waals surface area contributed by atoms with Gasteiger partial charge in [0.2, 0.25) is 0 Å². The fraction of sp³-hybridized carbons (Fsp3) is 0.765. The van der Waals surface area contributed by atoms with E-state index >= 15 is 0 Å². The van der Waals surface area contributed by atoms with Gasteiger partial charge in [0, 0.05) is 17.9 Å². The van der Waals surface area contributed by atoms with Gasteiger partial charge in [0.15, 0.2) is 5.82 Å². The van der Waals surface area contributed by atoms with E-state index in [-0.39, 0.29) is 5.60 Å². The zero-order valence-electron chi connectivity index (χ0n) is 13.9. The van der Waals surface area contributed by atoms with Crippen LogP contribution in [0.15, 0.2) is 0 Å². The van der Waals surface area contributed by atoms with Crippen LogP contribution in [-0.4, -0.2) is 16.6 Å². The van der Waals surface area contributed by atoms with Crippen molar-refractivity contribution < 1.29 is 4.74 Å². The Morgan fingerprint density at radius 1 is 1.10 bits per heavy atom. The van der Waals surface area contributed by atoms with Gasteiger partial charge in [0.1, 0.15) is 10.8 Å². The fourth-order valence-corrected chi connectivity index (χ4v) is 3.31. The molecule has 0 aromatic carbocycles. The van der Waals surface area contributed by atoms with Crippen LogP contribution in [-0.2, 0) is 16.8 Å². The van der Waals surface area contributed by atoms with Crippen LogP contribution in [0.25, 0.3) is 0 Å². The van der Waals surface area contributed by atoms with Gasteiger partial charge >= 0.3 is 0 Å². The number of hydrogen-bond donors (Lipinski definition) is 0. The van der Waals surface area contributed by atoms with E-state index in [1.54, 1.807) is 0 Å². The molecule has 0 amide bonds. The lowest BCUT2D eigenvalue weighted by atomic mass is 9.70. The van der Waals surface area contributed by atoms with Crippen molar-refractivity contribution in [3.8, 4) is 0 Å². The monoisotopic (exact) mass is 310 g/mol. The van der Waals surface area contributed by atoms with Crippen molar-refractivity contribution in [3.63, 3.8) is 0 Å². The highest BCUT2D eigenvalue weighted by Crippen LogP contribution is 2.46. The van der Waals surface area contributed by atoms with Gasteiger partial charge in [-0.25, -0.2) is 9.97 Å². The Hall–Kier alpha value is -0.670. The fourth-order valence-electron chi connectivity index (χ4n) is 3.12. The summed E-state index contributed by atoms with van der Waals surface area (Å²) in [5.74, 6) is 0.785. The molecule has 1 heterocycles. The van der Waals surface area contributed by atoms with Crippen molar-refractivity contribution >= 4 is 11.6 Å². The molecule has 1 saturated carbocycles. The first-order valence-electron chi connectivity index (χ1n) is 8.01. The Kier molecular flexibility index (Phi) is 4.94. The standard InChI is InChI=1S/C17H27ClN2O/c1-6-13-12(3)14(18)20-15(19-13)17(21-7-2)10-8-16(4,5)9-11-17/h6-11H2,1-5H3. The Morgan fingerprint density at radius 3 is 2.24 bits per heavy atom. The van der Waals surface area contributed by atoms with Crippen molar-refractivity contribution in [3.05, 3.63) is 22.2 Å².